The number of nitrogens with zero attached hydrogens (tertiary/aromatic N) is 2. The van der Waals surface area contributed by atoms with Gasteiger partial charge in [0.25, 0.3) is 0 Å². The number of hydrogen-bond donors (Lipinski definition) is 0. The zero-order valence-electron chi connectivity index (χ0n) is 10.6. The normalized spacial score (nSPS) is 14.8. The van der Waals surface area contributed by atoms with Crippen LogP contribution >= 0.6 is 11.6 Å². The Morgan fingerprint density at radius 3 is 2.50 bits per heavy atom. The van der Waals surface area contributed by atoms with Gasteiger partial charge in [0, 0.05) is 17.5 Å². The fraction of sp³-hybridized carbons (Fsp3) is 0.333. The Labute approximate surface area is 112 Å². The molecule has 0 amide bonds. The van der Waals surface area contributed by atoms with Crippen LogP contribution < -0.4 is 0 Å². The fourth-order valence-corrected chi connectivity index (χ4v) is 2.20. The Morgan fingerprint density at radius 1 is 1.06 bits per heavy atom. The molecule has 0 N–H and O–H groups in total. The predicted molar refractivity (Wildman–Crippen MR) is 73.9 cm³/mol. The summed E-state index contributed by atoms with van der Waals surface area (Å²) in [6.07, 6.45) is 2.37. The first-order valence-corrected chi connectivity index (χ1v) is 6.63. The smallest absolute Gasteiger partial charge is 0.133 e. The van der Waals surface area contributed by atoms with E-state index in [1.54, 1.807) is 0 Å². The number of aromatic nitrogens is 2. The number of halogens is 1. The first kappa shape index (κ1) is 11.7. The van der Waals surface area contributed by atoms with E-state index in [4.69, 9.17) is 11.6 Å². The number of aryl methyl sites for hydroxylation is 2. The molecule has 1 saturated carbocycles. The summed E-state index contributed by atoms with van der Waals surface area (Å²) in [6.45, 7) is 4.23. The minimum absolute atomic E-state index is 0.522. The van der Waals surface area contributed by atoms with E-state index in [1.165, 1.54) is 24.0 Å². The SMILES string of the molecule is Cc1ccc(-c2cc(Cl)nc(C3CC3)n2)cc1C. The maximum Gasteiger partial charge on any atom is 0.133 e. The summed E-state index contributed by atoms with van der Waals surface area (Å²) in [6, 6.07) is 8.22. The van der Waals surface area contributed by atoms with Crippen LogP contribution in [0, 0.1) is 13.8 Å². The monoisotopic (exact) mass is 258 g/mol. The lowest BCUT2D eigenvalue weighted by molar-refractivity contribution is 0.931. The third-order valence-electron chi connectivity index (χ3n) is 3.46. The standard InChI is InChI=1S/C15H15ClN2/c1-9-3-4-12(7-10(9)2)13-8-14(16)18-15(17-13)11-5-6-11/h3-4,7-8,11H,5-6H2,1-2H3. The quantitative estimate of drug-likeness (QED) is 0.751. The highest BCUT2D eigenvalue weighted by Crippen LogP contribution is 2.39. The molecular weight excluding hydrogens is 244 g/mol. The van der Waals surface area contributed by atoms with E-state index in [1.807, 2.05) is 6.07 Å². The van der Waals surface area contributed by atoms with Crippen LogP contribution in [0.25, 0.3) is 11.3 Å². The van der Waals surface area contributed by atoms with Crippen LogP contribution in [0.2, 0.25) is 5.15 Å². The van der Waals surface area contributed by atoms with Gasteiger partial charge < -0.3 is 0 Å². The van der Waals surface area contributed by atoms with Gasteiger partial charge in [-0.15, -0.1) is 0 Å². The van der Waals surface area contributed by atoms with Gasteiger partial charge in [-0.1, -0.05) is 23.7 Å². The van der Waals surface area contributed by atoms with Crippen molar-refractivity contribution in [2.75, 3.05) is 0 Å². The first-order chi connectivity index (χ1) is 8.63. The Morgan fingerprint density at radius 2 is 1.83 bits per heavy atom. The molecule has 0 aliphatic heterocycles. The van der Waals surface area contributed by atoms with E-state index in [9.17, 15) is 0 Å². The molecule has 0 atom stereocenters. The van der Waals surface area contributed by atoms with Gasteiger partial charge >= 0.3 is 0 Å². The van der Waals surface area contributed by atoms with Crippen LogP contribution in [0.4, 0.5) is 0 Å². The molecule has 1 aromatic carbocycles. The summed E-state index contributed by atoms with van der Waals surface area (Å²) in [5.41, 5.74) is 4.61. The molecule has 0 bridgehead atoms. The lowest BCUT2D eigenvalue weighted by Crippen LogP contribution is -1.96. The van der Waals surface area contributed by atoms with Crippen molar-refractivity contribution in [3.63, 3.8) is 0 Å². The molecule has 0 spiro atoms. The molecule has 1 fully saturated rings. The van der Waals surface area contributed by atoms with Crippen molar-refractivity contribution in [2.45, 2.75) is 32.6 Å². The van der Waals surface area contributed by atoms with Gasteiger partial charge in [-0.05, 0) is 43.9 Å². The molecule has 1 aliphatic carbocycles. The highest BCUT2D eigenvalue weighted by molar-refractivity contribution is 6.29. The van der Waals surface area contributed by atoms with Gasteiger partial charge in [0.05, 0.1) is 5.69 Å². The molecule has 92 valence electrons. The number of hydrogen-bond acceptors (Lipinski definition) is 2. The predicted octanol–water partition coefficient (Wildman–Crippen LogP) is 4.29. The molecule has 18 heavy (non-hydrogen) atoms. The molecule has 1 aromatic heterocycles. The molecule has 0 saturated heterocycles. The zero-order chi connectivity index (χ0) is 12.7. The van der Waals surface area contributed by atoms with E-state index in [0.717, 1.165) is 17.1 Å². The minimum atomic E-state index is 0.522. The van der Waals surface area contributed by atoms with Crippen LogP contribution in [-0.4, -0.2) is 9.97 Å². The average Bonchev–Trinajstić information content (AvgIpc) is 3.16. The molecule has 3 heteroatoms. The summed E-state index contributed by atoms with van der Waals surface area (Å²) >= 11 is 6.09. The second-order valence-electron chi connectivity index (χ2n) is 5.01. The maximum atomic E-state index is 6.09. The zero-order valence-corrected chi connectivity index (χ0v) is 11.3. The largest absolute Gasteiger partial charge is 0.232 e. The van der Waals surface area contributed by atoms with Gasteiger partial charge in [0.15, 0.2) is 0 Å². The van der Waals surface area contributed by atoms with E-state index in [2.05, 4.69) is 42.0 Å². The van der Waals surface area contributed by atoms with Gasteiger partial charge in [-0.25, -0.2) is 9.97 Å². The molecule has 2 aromatic rings. The molecule has 2 nitrogen and oxygen atoms in total. The Hall–Kier alpha value is -1.41. The van der Waals surface area contributed by atoms with E-state index < -0.39 is 0 Å². The second kappa shape index (κ2) is 4.36. The van der Waals surface area contributed by atoms with E-state index in [-0.39, 0.29) is 0 Å². The van der Waals surface area contributed by atoms with Crippen molar-refractivity contribution in [1.29, 1.82) is 0 Å². The third-order valence-corrected chi connectivity index (χ3v) is 3.65. The molecule has 1 aliphatic rings. The first-order valence-electron chi connectivity index (χ1n) is 6.25. The molecule has 3 rings (SSSR count). The maximum absolute atomic E-state index is 6.09. The topological polar surface area (TPSA) is 25.8 Å². The van der Waals surface area contributed by atoms with Crippen molar-refractivity contribution < 1.29 is 0 Å². The van der Waals surface area contributed by atoms with Crippen LogP contribution in [0.5, 0.6) is 0 Å². The Bertz CT molecular complexity index is 603. The van der Waals surface area contributed by atoms with Crippen molar-refractivity contribution >= 4 is 11.6 Å². The molecule has 0 radical (unpaired) electrons. The molecule has 0 unspecified atom stereocenters. The fourth-order valence-electron chi connectivity index (χ4n) is 2.01. The summed E-state index contributed by atoms with van der Waals surface area (Å²) in [7, 11) is 0. The van der Waals surface area contributed by atoms with Crippen molar-refractivity contribution in [2.24, 2.45) is 0 Å². The van der Waals surface area contributed by atoms with Gasteiger partial charge in [0.1, 0.15) is 11.0 Å². The van der Waals surface area contributed by atoms with Crippen LogP contribution in [0.15, 0.2) is 24.3 Å². The summed E-state index contributed by atoms with van der Waals surface area (Å²) < 4.78 is 0. The summed E-state index contributed by atoms with van der Waals surface area (Å²) in [4.78, 5) is 8.96. The Balaban J connectivity index is 2.07. The third kappa shape index (κ3) is 2.25. The summed E-state index contributed by atoms with van der Waals surface area (Å²) in [5.74, 6) is 1.42. The van der Waals surface area contributed by atoms with Crippen LogP contribution in [0.3, 0.4) is 0 Å². The Kier molecular flexibility index (Phi) is 2.83. The molecule has 1 heterocycles. The highest BCUT2D eigenvalue weighted by Gasteiger charge is 2.27. The number of benzene rings is 1. The van der Waals surface area contributed by atoms with Gasteiger partial charge in [-0.3, -0.25) is 0 Å². The number of rotatable bonds is 2. The van der Waals surface area contributed by atoms with E-state index in [0.29, 0.717) is 11.1 Å². The van der Waals surface area contributed by atoms with Crippen molar-refractivity contribution in [3.05, 3.63) is 46.4 Å². The highest BCUT2D eigenvalue weighted by atomic mass is 35.5. The minimum Gasteiger partial charge on any atom is -0.232 e. The average molecular weight is 259 g/mol. The van der Waals surface area contributed by atoms with Gasteiger partial charge in [-0.2, -0.15) is 0 Å². The van der Waals surface area contributed by atoms with Crippen molar-refractivity contribution in [3.8, 4) is 11.3 Å². The van der Waals surface area contributed by atoms with Gasteiger partial charge in [0.2, 0.25) is 0 Å². The lowest BCUT2D eigenvalue weighted by Gasteiger charge is -2.07. The van der Waals surface area contributed by atoms with Crippen LogP contribution in [-0.2, 0) is 0 Å². The summed E-state index contributed by atoms with van der Waals surface area (Å²) in [5, 5.41) is 0.542. The van der Waals surface area contributed by atoms with E-state index >= 15 is 0 Å². The van der Waals surface area contributed by atoms with Crippen LogP contribution in [0.1, 0.15) is 35.7 Å². The lowest BCUT2D eigenvalue weighted by atomic mass is 10.0. The molecular formula is C15H15ClN2. The second-order valence-corrected chi connectivity index (χ2v) is 5.39. The van der Waals surface area contributed by atoms with Crippen molar-refractivity contribution in [1.82, 2.24) is 9.97 Å².